The zero-order valence-electron chi connectivity index (χ0n) is 17.6. The van der Waals surface area contributed by atoms with Gasteiger partial charge in [-0.1, -0.05) is 42.5 Å². The molecule has 0 atom stereocenters. The Balaban J connectivity index is 1.59. The highest BCUT2D eigenvalue weighted by atomic mass is 32.2. The Bertz CT molecular complexity index is 1110. The van der Waals surface area contributed by atoms with Crippen LogP contribution < -0.4 is 10.1 Å². The van der Waals surface area contributed by atoms with Gasteiger partial charge in [-0.15, -0.1) is 0 Å². The molecule has 3 aromatic carbocycles. The minimum absolute atomic E-state index is 0.196. The quantitative estimate of drug-likeness (QED) is 0.551. The number of carbonyl (C=O) groups excluding carboxylic acids is 1. The topological polar surface area (TPSA) is 75.7 Å². The maximum absolute atomic E-state index is 12.6. The summed E-state index contributed by atoms with van der Waals surface area (Å²) in [5.74, 6) is 0.576. The summed E-state index contributed by atoms with van der Waals surface area (Å²) in [7, 11) is -2.03. The highest BCUT2D eigenvalue weighted by molar-refractivity contribution is 7.89. The highest BCUT2D eigenvalue weighted by Gasteiger charge is 2.20. The Morgan fingerprint density at radius 2 is 1.65 bits per heavy atom. The standard InChI is InChI=1S/C24H26N2O4S/c1-3-30-22-9-7-8-20(16-22)17-25-24(27)21-14-12-19(13-15-21)18-26(2)31(28,29)23-10-5-4-6-11-23/h4-16H,3,17-18H2,1-2H3,(H,25,27). The lowest BCUT2D eigenvalue weighted by Gasteiger charge is -2.17. The van der Waals surface area contributed by atoms with Crippen molar-refractivity contribution in [3.05, 3.63) is 95.6 Å². The van der Waals surface area contributed by atoms with Gasteiger partial charge in [0.25, 0.3) is 5.91 Å². The fourth-order valence-electron chi connectivity index (χ4n) is 3.07. The highest BCUT2D eigenvalue weighted by Crippen LogP contribution is 2.17. The van der Waals surface area contributed by atoms with Gasteiger partial charge in [-0.05, 0) is 54.4 Å². The molecule has 0 aliphatic carbocycles. The Labute approximate surface area is 183 Å². The zero-order valence-corrected chi connectivity index (χ0v) is 18.4. The molecule has 1 amide bonds. The van der Waals surface area contributed by atoms with Crippen molar-refractivity contribution >= 4 is 15.9 Å². The molecule has 0 spiro atoms. The van der Waals surface area contributed by atoms with Gasteiger partial charge in [0.15, 0.2) is 0 Å². The number of nitrogens with zero attached hydrogens (tertiary/aromatic N) is 1. The first-order chi connectivity index (χ1) is 14.9. The van der Waals surface area contributed by atoms with Crippen LogP contribution in [0.5, 0.6) is 5.75 Å². The predicted octanol–water partition coefficient (Wildman–Crippen LogP) is 3.84. The summed E-state index contributed by atoms with van der Waals surface area (Å²) in [5, 5.41) is 2.89. The van der Waals surface area contributed by atoms with Crippen molar-refractivity contribution in [3.8, 4) is 5.75 Å². The van der Waals surface area contributed by atoms with Crippen LogP contribution in [0.3, 0.4) is 0 Å². The largest absolute Gasteiger partial charge is 0.494 e. The number of carbonyl (C=O) groups is 1. The number of hydrogen-bond acceptors (Lipinski definition) is 4. The van der Waals surface area contributed by atoms with Gasteiger partial charge in [0.1, 0.15) is 5.75 Å². The molecule has 0 bridgehead atoms. The number of sulfonamides is 1. The number of amides is 1. The summed E-state index contributed by atoms with van der Waals surface area (Å²) in [6, 6.07) is 22.8. The minimum Gasteiger partial charge on any atom is -0.494 e. The van der Waals surface area contributed by atoms with Crippen LogP contribution in [0.4, 0.5) is 0 Å². The SMILES string of the molecule is CCOc1cccc(CNC(=O)c2ccc(CN(C)S(=O)(=O)c3ccccc3)cc2)c1. The second-order valence-corrected chi connectivity index (χ2v) is 9.08. The van der Waals surface area contributed by atoms with E-state index in [-0.39, 0.29) is 17.3 Å². The molecule has 0 aliphatic heterocycles. The van der Waals surface area contributed by atoms with Gasteiger partial charge in [0.2, 0.25) is 10.0 Å². The van der Waals surface area contributed by atoms with Crippen molar-refractivity contribution in [2.45, 2.75) is 24.9 Å². The summed E-state index contributed by atoms with van der Waals surface area (Å²) < 4.78 is 32.1. The molecule has 0 saturated heterocycles. The molecule has 6 nitrogen and oxygen atoms in total. The normalized spacial score (nSPS) is 11.3. The van der Waals surface area contributed by atoms with Gasteiger partial charge in [-0.2, -0.15) is 4.31 Å². The lowest BCUT2D eigenvalue weighted by atomic mass is 10.1. The third-order valence-electron chi connectivity index (χ3n) is 4.74. The monoisotopic (exact) mass is 438 g/mol. The smallest absolute Gasteiger partial charge is 0.251 e. The molecule has 0 aromatic heterocycles. The minimum atomic E-state index is -3.57. The van der Waals surface area contributed by atoms with Gasteiger partial charge in [0.05, 0.1) is 11.5 Å². The molecular weight excluding hydrogens is 412 g/mol. The van der Waals surface area contributed by atoms with Crippen LogP contribution in [0.25, 0.3) is 0 Å². The first kappa shape index (κ1) is 22.5. The molecule has 7 heteroatoms. The molecule has 3 aromatic rings. The molecule has 0 unspecified atom stereocenters. The maximum atomic E-state index is 12.6. The van der Waals surface area contributed by atoms with E-state index in [1.807, 2.05) is 31.2 Å². The molecule has 0 saturated carbocycles. The number of nitrogens with one attached hydrogen (secondary N) is 1. The predicted molar refractivity (Wildman–Crippen MR) is 120 cm³/mol. The van der Waals surface area contributed by atoms with Crippen molar-refractivity contribution in [1.82, 2.24) is 9.62 Å². The fourth-order valence-corrected chi connectivity index (χ4v) is 4.25. The number of hydrogen-bond donors (Lipinski definition) is 1. The Morgan fingerprint density at radius 3 is 2.32 bits per heavy atom. The summed E-state index contributed by atoms with van der Waals surface area (Å²) in [6.45, 7) is 3.11. The number of benzene rings is 3. The van der Waals surface area contributed by atoms with E-state index in [0.29, 0.717) is 18.7 Å². The molecule has 31 heavy (non-hydrogen) atoms. The summed E-state index contributed by atoms with van der Waals surface area (Å²) >= 11 is 0. The van der Waals surface area contributed by atoms with Crippen LogP contribution in [0, 0.1) is 0 Å². The molecule has 0 radical (unpaired) electrons. The third kappa shape index (κ3) is 5.93. The van der Waals surface area contributed by atoms with Crippen molar-refractivity contribution in [2.75, 3.05) is 13.7 Å². The van der Waals surface area contributed by atoms with Crippen LogP contribution in [0.15, 0.2) is 83.8 Å². The van der Waals surface area contributed by atoms with Gasteiger partial charge < -0.3 is 10.1 Å². The van der Waals surface area contributed by atoms with Crippen molar-refractivity contribution in [3.63, 3.8) is 0 Å². The molecule has 1 N–H and O–H groups in total. The van der Waals surface area contributed by atoms with Gasteiger partial charge >= 0.3 is 0 Å². The number of rotatable bonds is 9. The van der Waals surface area contributed by atoms with Crippen LogP contribution in [0.2, 0.25) is 0 Å². The molecular formula is C24H26N2O4S. The average Bonchev–Trinajstić information content (AvgIpc) is 2.79. The van der Waals surface area contributed by atoms with Gasteiger partial charge in [-0.3, -0.25) is 4.79 Å². The van der Waals surface area contributed by atoms with E-state index in [1.165, 1.54) is 4.31 Å². The van der Waals surface area contributed by atoms with Crippen molar-refractivity contribution < 1.29 is 17.9 Å². The van der Waals surface area contributed by atoms with E-state index in [2.05, 4.69) is 5.32 Å². The molecule has 0 heterocycles. The molecule has 162 valence electrons. The Morgan fingerprint density at radius 1 is 0.935 bits per heavy atom. The Kier molecular flexibility index (Phi) is 7.44. The number of ether oxygens (including phenoxy) is 1. The molecule has 3 rings (SSSR count). The average molecular weight is 439 g/mol. The van der Waals surface area contributed by atoms with E-state index in [9.17, 15) is 13.2 Å². The summed E-state index contributed by atoms with van der Waals surface area (Å²) in [4.78, 5) is 12.7. The van der Waals surface area contributed by atoms with E-state index < -0.39 is 10.0 Å². The lowest BCUT2D eigenvalue weighted by Crippen LogP contribution is -2.26. The second kappa shape index (κ2) is 10.2. The first-order valence-electron chi connectivity index (χ1n) is 10.0. The molecule has 0 aliphatic rings. The van der Waals surface area contributed by atoms with E-state index in [1.54, 1.807) is 61.6 Å². The van der Waals surface area contributed by atoms with E-state index >= 15 is 0 Å². The zero-order chi connectivity index (χ0) is 22.3. The maximum Gasteiger partial charge on any atom is 0.251 e. The van der Waals surface area contributed by atoms with Gasteiger partial charge in [0, 0.05) is 25.7 Å². The molecule has 0 fully saturated rings. The van der Waals surface area contributed by atoms with Crippen LogP contribution in [-0.2, 0) is 23.1 Å². The van der Waals surface area contributed by atoms with Crippen molar-refractivity contribution in [2.24, 2.45) is 0 Å². The van der Waals surface area contributed by atoms with Crippen LogP contribution in [-0.4, -0.2) is 32.3 Å². The van der Waals surface area contributed by atoms with Crippen molar-refractivity contribution in [1.29, 1.82) is 0 Å². The van der Waals surface area contributed by atoms with E-state index in [0.717, 1.165) is 16.9 Å². The third-order valence-corrected chi connectivity index (χ3v) is 6.55. The second-order valence-electron chi connectivity index (χ2n) is 7.03. The summed E-state index contributed by atoms with van der Waals surface area (Å²) in [5.41, 5.74) is 2.25. The van der Waals surface area contributed by atoms with Crippen LogP contribution >= 0.6 is 0 Å². The van der Waals surface area contributed by atoms with E-state index in [4.69, 9.17) is 4.74 Å². The lowest BCUT2D eigenvalue weighted by molar-refractivity contribution is 0.0951. The van der Waals surface area contributed by atoms with Crippen LogP contribution in [0.1, 0.15) is 28.4 Å². The fraction of sp³-hybridized carbons (Fsp3) is 0.208. The Hall–Kier alpha value is -3.16. The first-order valence-corrected chi connectivity index (χ1v) is 11.4. The summed E-state index contributed by atoms with van der Waals surface area (Å²) in [6.07, 6.45) is 0. The van der Waals surface area contributed by atoms with Gasteiger partial charge in [-0.25, -0.2) is 8.42 Å².